The highest BCUT2D eigenvalue weighted by molar-refractivity contribution is 5.73. The first-order chi connectivity index (χ1) is 7.29. The van der Waals surface area contributed by atoms with Gasteiger partial charge in [-0.25, -0.2) is 4.98 Å². The van der Waals surface area contributed by atoms with Gasteiger partial charge >= 0.3 is 0 Å². The van der Waals surface area contributed by atoms with Crippen LogP contribution in [0.2, 0.25) is 0 Å². The fourth-order valence-electron chi connectivity index (χ4n) is 1.30. The number of oxazole rings is 1. The third-order valence-electron chi connectivity index (χ3n) is 2.03. The lowest BCUT2D eigenvalue weighted by atomic mass is 10.1. The minimum atomic E-state index is 0.639. The molecule has 1 aromatic heterocycles. The second-order valence-electron chi connectivity index (χ2n) is 3.09. The Bertz CT molecular complexity index is 460. The van der Waals surface area contributed by atoms with Crippen molar-refractivity contribution in [2.75, 3.05) is 5.32 Å². The average molecular weight is 202 g/mol. The molecule has 2 rings (SSSR count). The van der Waals surface area contributed by atoms with Gasteiger partial charge in [0.1, 0.15) is 12.0 Å². The summed E-state index contributed by atoms with van der Waals surface area (Å²) in [6.45, 7) is 1.80. The van der Waals surface area contributed by atoms with Crippen molar-refractivity contribution in [1.29, 1.82) is 0 Å². The van der Waals surface area contributed by atoms with E-state index in [0.717, 1.165) is 16.9 Å². The van der Waals surface area contributed by atoms with E-state index in [4.69, 9.17) is 4.42 Å². The summed E-state index contributed by atoms with van der Waals surface area (Å²) in [6.07, 6.45) is 2.26. The molecule has 0 aliphatic rings. The zero-order valence-corrected chi connectivity index (χ0v) is 8.23. The average Bonchev–Trinajstić information content (AvgIpc) is 2.67. The molecule has 76 valence electrons. The van der Waals surface area contributed by atoms with Crippen LogP contribution in [0.25, 0.3) is 11.3 Å². The summed E-state index contributed by atoms with van der Waals surface area (Å²) in [7, 11) is 0. The molecule has 0 aliphatic heterocycles. The van der Waals surface area contributed by atoms with Crippen molar-refractivity contribution in [3.63, 3.8) is 0 Å². The molecule has 1 N–H and O–H groups in total. The fraction of sp³-hybridized carbons (Fsp3) is 0.0909. The first-order valence-electron chi connectivity index (χ1n) is 4.52. The summed E-state index contributed by atoms with van der Waals surface area (Å²) in [4.78, 5) is 14.4. The summed E-state index contributed by atoms with van der Waals surface area (Å²) in [5, 5.41) is 2.57. The van der Waals surface area contributed by atoms with Crippen molar-refractivity contribution >= 4 is 12.1 Å². The number of carbonyl (C=O) groups excluding carboxylic acids is 1. The molecular weight excluding hydrogens is 192 g/mol. The topological polar surface area (TPSA) is 55.1 Å². The highest BCUT2D eigenvalue weighted by Crippen LogP contribution is 2.20. The third-order valence-corrected chi connectivity index (χ3v) is 2.03. The van der Waals surface area contributed by atoms with Gasteiger partial charge in [0.25, 0.3) is 0 Å². The van der Waals surface area contributed by atoms with Crippen molar-refractivity contribution in [2.24, 2.45) is 0 Å². The predicted octanol–water partition coefficient (Wildman–Crippen LogP) is 2.22. The maximum absolute atomic E-state index is 10.2. The van der Waals surface area contributed by atoms with Crippen LogP contribution in [0.4, 0.5) is 5.69 Å². The Labute approximate surface area is 86.9 Å². The fourth-order valence-corrected chi connectivity index (χ4v) is 1.30. The van der Waals surface area contributed by atoms with Crippen LogP contribution in [-0.4, -0.2) is 11.4 Å². The number of carbonyl (C=O) groups is 1. The molecule has 4 nitrogen and oxygen atoms in total. The van der Waals surface area contributed by atoms with Crippen LogP contribution in [0.5, 0.6) is 0 Å². The van der Waals surface area contributed by atoms with E-state index < -0.39 is 0 Å². The number of nitrogens with zero attached hydrogens (tertiary/aromatic N) is 1. The molecule has 0 aliphatic carbocycles. The number of hydrogen-bond acceptors (Lipinski definition) is 3. The van der Waals surface area contributed by atoms with E-state index in [1.165, 1.54) is 0 Å². The van der Waals surface area contributed by atoms with Crippen molar-refractivity contribution in [2.45, 2.75) is 6.92 Å². The molecule has 0 fully saturated rings. The van der Waals surface area contributed by atoms with Gasteiger partial charge in [-0.15, -0.1) is 0 Å². The lowest BCUT2D eigenvalue weighted by Gasteiger charge is -1.99. The van der Waals surface area contributed by atoms with Crippen molar-refractivity contribution in [3.8, 4) is 11.3 Å². The number of anilines is 1. The van der Waals surface area contributed by atoms with Gasteiger partial charge in [0.2, 0.25) is 6.41 Å². The molecule has 0 saturated heterocycles. The molecule has 0 atom stereocenters. The lowest BCUT2D eigenvalue weighted by Crippen LogP contribution is -1.92. The Kier molecular flexibility index (Phi) is 2.49. The van der Waals surface area contributed by atoms with Crippen LogP contribution in [-0.2, 0) is 4.79 Å². The third kappa shape index (κ3) is 2.04. The van der Waals surface area contributed by atoms with Gasteiger partial charge in [-0.3, -0.25) is 4.79 Å². The zero-order valence-electron chi connectivity index (χ0n) is 8.23. The maximum Gasteiger partial charge on any atom is 0.211 e. The van der Waals surface area contributed by atoms with E-state index in [1.807, 2.05) is 24.3 Å². The SMILES string of the molecule is Cc1nc(-c2ccc(NC=O)cc2)co1. The molecule has 0 radical (unpaired) electrons. The van der Waals surface area contributed by atoms with Gasteiger partial charge in [0.15, 0.2) is 5.89 Å². The second kappa shape index (κ2) is 3.96. The van der Waals surface area contributed by atoms with Gasteiger partial charge in [-0.2, -0.15) is 0 Å². The Balaban J connectivity index is 2.27. The van der Waals surface area contributed by atoms with E-state index >= 15 is 0 Å². The molecule has 1 heterocycles. The van der Waals surface area contributed by atoms with Crippen molar-refractivity contribution in [3.05, 3.63) is 36.4 Å². The lowest BCUT2D eigenvalue weighted by molar-refractivity contribution is -0.105. The normalized spacial score (nSPS) is 9.93. The Morgan fingerprint density at radius 2 is 2.07 bits per heavy atom. The molecule has 2 aromatic rings. The quantitative estimate of drug-likeness (QED) is 0.776. The van der Waals surface area contributed by atoms with E-state index in [1.54, 1.807) is 13.2 Å². The Morgan fingerprint density at radius 1 is 1.33 bits per heavy atom. The number of aromatic nitrogens is 1. The summed E-state index contributed by atoms with van der Waals surface area (Å²) >= 11 is 0. The molecule has 1 aromatic carbocycles. The van der Waals surface area contributed by atoms with Crippen LogP contribution in [0.3, 0.4) is 0 Å². The number of nitrogens with one attached hydrogen (secondary N) is 1. The van der Waals surface area contributed by atoms with Crippen molar-refractivity contribution < 1.29 is 9.21 Å². The molecular formula is C11H10N2O2. The molecule has 0 spiro atoms. The Morgan fingerprint density at radius 3 is 2.60 bits per heavy atom. The van der Waals surface area contributed by atoms with E-state index in [2.05, 4.69) is 10.3 Å². The maximum atomic E-state index is 10.2. The van der Waals surface area contributed by atoms with E-state index in [-0.39, 0.29) is 0 Å². The van der Waals surface area contributed by atoms with Gasteiger partial charge in [0, 0.05) is 18.2 Å². The van der Waals surface area contributed by atoms with E-state index in [0.29, 0.717) is 12.3 Å². The standard InChI is InChI=1S/C11H10N2O2/c1-8-13-11(6-15-8)9-2-4-10(5-3-9)12-7-14/h2-7H,1H3,(H,12,14). The molecule has 1 amide bonds. The molecule has 15 heavy (non-hydrogen) atoms. The molecule has 0 unspecified atom stereocenters. The minimum absolute atomic E-state index is 0.639. The second-order valence-corrected chi connectivity index (χ2v) is 3.09. The van der Waals surface area contributed by atoms with Crippen LogP contribution >= 0.6 is 0 Å². The highest BCUT2D eigenvalue weighted by atomic mass is 16.3. The first kappa shape index (κ1) is 9.45. The number of rotatable bonds is 3. The number of hydrogen-bond donors (Lipinski definition) is 1. The monoisotopic (exact) mass is 202 g/mol. The molecule has 0 saturated carbocycles. The predicted molar refractivity (Wildman–Crippen MR) is 56.4 cm³/mol. The largest absolute Gasteiger partial charge is 0.449 e. The van der Waals surface area contributed by atoms with Gasteiger partial charge in [-0.1, -0.05) is 12.1 Å². The minimum Gasteiger partial charge on any atom is -0.449 e. The van der Waals surface area contributed by atoms with Crippen LogP contribution in [0.1, 0.15) is 5.89 Å². The number of aryl methyl sites for hydroxylation is 1. The molecule has 0 bridgehead atoms. The number of amides is 1. The van der Waals surface area contributed by atoms with Gasteiger partial charge in [0.05, 0.1) is 0 Å². The highest BCUT2D eigenvalue weighted by Gasteiger charge is 2.02. The summed E-state index contributed by atoms with van der Waals surface area (Å²) in [5.74, 6) is 0.639. The number of benzene rings is 1. The van der Waals surface area contributed by atoms with Gasteiger partial charge < -0.3 is 9.73 Å². The van der Waals surface area contributed by atoms with Crippen molar-refractivity contribution in [1.82, 2.24) is 4.98 Å². The Hall–Kier alpha value is -2.10. The summed E-state index contributed by atoms with van der Waals surface area (Å²) in [5.41, 5.74) is 2.52. The van der Waals surface area contributed by atoms with Crippen LogP contribution in [0.15, 0.2) is 34.9 Å². The summed E-state index contributed by atoms with van der Waals surface area (Å²) < 4.78 is 5.11. The van der Waals surface area contributed by atoms with Crippen LogP contribution < -0.4 is 5.32 Å². The van der Waals surface area contributed by atoms with Crippen LogP contribution in [0, 0.1) is 6.92 Å². The molecule has 4 heteroatoms. The smallest absolute Gasteiger partial charge is 0.211 e. The first-order valence-corrected chi connectivity index (χ1v) is 4.52. The van der Waals surface area contributed by atoms with E-state index in [9.17, 15) is 4.79 Å². The summed E-state index contributed by atoms with van der Waals surface area (Å²) in [6, 6.07) is 7.38. The van der Waals surface area contributed by atoms with Gasteiger partial charge in [-0.05, 0) is 12.1 Å². The zero-order chi connectivity index (χ0) is 10.7.